The highest BCUT2D eigenvalue weighted by Gasteiger charge is 2.47. The van der Waals surface area contributed by atoms with Gasteiger partial charge in [-0.15, -0.1) is 0 Å². The third-order valence-electron chi connectivity index (χ3n) is 8.74. The zero-order chi connectivity index (χ0) is 37.6. The normalized spacial score (nSPS) is 30.5. The van der Waals surface area contributed by atoms with E-state index in [2.05, 4.69) is 31.2 Å². The Bertz CT molecular complexity index is 1010. The molecule has 51 heavy (non-hydrogen) atoms. The Morgan fingerprint density at radius 1 is 0.647 bits per heavy atom. The van der Waals surface area contributed by atoms with E-state index in [-0.39, 0.29) is 19.4 Å². The third kappa shape index (κ3) is 16.7. The Hall–Kier alpha value is -2.02. The van der Waals surface area contributed by atoms with Gasteiger partial charge in [0.1, 0.15) is 55.4 Å². The molecular formula is C36H62O15. The number of carbonyl (C=O) groups is 2. The molecule has 2 aliphatic heterocycles. The van der Waals surface area contributed by atoms with Crippen molar-refractivity contribution in [1.82, 2.24) is 0 Å². The summed E-state index contributed by atoms with van der Waals surface area (Å²) in [5.41, 5.74) is 0. The van der Waals surface area contributed by atoms with Crippen molar-refractivity contribution in [3.8, 4) is 0 Å². The quantitative estimate of drug-likeness (QED) is 0.0398. The summed E-state index contributed by atoms with van der Waals surface area (Å²) in [6, 6.07) is 0. The summed E-state index contributed by atoms with van der Waals surface area (Å²) in [7, 11) is 0. The average molecular weight is 735 g/mol. The minimum atomic E-state index is -1.76. The first kappa shape index (κ1) is 45.1. The number of unbranched alkanes of at least 4 members (excludes halogenated alkanes) is 8. The highest BCUT2D eigenvalue weighted by Crippen LogP contribution is 2.26. The molecule has 15 heteroatoms. The van der Waals surface area contributed by atoms with Crippen LogP contribution in [-0.2, 0) is 38.0 Å². The lowest BCUT2D eigenvalue weighted by Gasteiger charge is -2.42. The molecule has 296 valence electrons. The fraction of sp³-hybridized carbons (Fsp3) is 0.833. The van der Waals surface area contributed by atoms with Gasteiger partial charge >= 0.3 is 11.9 Å². The molecule has 11 unspecified atom stereocenters. The second-order valence-electron chi connectivity index (χ2n) is 13.0. The number of ether oxygens (including phenoxy) is 6. The van der Waals surface area contributed by atoms with Crippen LogP contribution < -0.4 is 0 Å². The maximum atomic E-state index is 12.6. The number of aliphatic hydroxyl groups is 7. The van der Waals surface area contributed by atoms with Crippen LogP contribution in [0.4, 0.5) is 0 Å². The molecule has 0 saturated carbocycles. The highest BCUT2D eigenvalue weighted by atomic mass is 16.7. The van der Waals surface area contributed by atoms with Gasteiger partial charge < -0.3 is 64.2 Å². The molecule has 0 amide bonds. The molecule has 15 nitrogen and oxygen atoms in total. The van der Waals surface area contributed by atoms with Crippen LogP contribution in [0.15, 0.2) is 24.3 Å². The lowest BCUT2D eigenvalue weighted by atomic mass is 9.98. The summed E-state index contributed by atoms with van der Waals surface area (Å²) < 4.78 is 32.6. The fourth-order valence-electron chi connectivity index (χ4n) is 5.52. The van der Waals surface area contributed by atoms with E-state index in [0.717, 1.165) is 44.9 Å². The van der Waals surface area contributed by atoms with E-state index in [4.69, 9.17) is 28.4 Å². The summed E-state index contributed by atoms with van der Waals surface area (Å²) >= 11 is 0. The van der Waals surface area contributed by atoms with Crippen molar-refractivity contribution < 1.29 is 73.8 Å². The molecule has 7 N–H and O–H groups in total. The van der Waals surface area contributed by atoms with Crippen LogP contribution in [0, 0.1) is 0 Å². The first-order valence-corrected chi connectivity index (χ1v) is 18.4. The smallest absolute Gasteiger partial charge is 0.306 e. The number of hydrogen-bond acceptors (Lipinski definition) is 15. The van der Waals surface area contributed by atoms with Crippen LogP contribution in [0.2, 0.25) is 0 Å². The number of carbonyl (C=O) groups excluding carboxylic acids is 2. The summed E-state index contributed by atoms with van der Waals surface area (Å²) in [5.74, 6) is -1.05. The summed E-state index contributed by atoms with van der Waals surface area (Å²) in [4.78, 5) is 24.4. The minimum absolute atomic E-state index is 0.0954. The zero-order valence-corrected chi connectivity index (χ0v) is 30.1. The lowest BCUT2D eigenvalue weighted by molar-refractivity contribution is -0.332. The molecule has 2 saturated heterocycles. The van der Waals surface area contributed by atoms with Crippen molar-refractivity contribution in [2.24, 2.45) is 0 Å². The van der Waals surface area contributed by atoms with Gasteiger partial charge in [0.2, 0.25) is 0 Å². The van der Waals surface area contributed by atoms with E-state index in [9.17, 15) is 45.3 Å². The molecule has 2 heterocycles. The predicted molar refractivity (Wildman–Crippen MR) is 183 cm³/mol. The minimum Gasteiger partial charge on any atom is -0.462 e. The molecule has 0 aromatic carbocycles. The Labute approximate surface area is 301 Å². The van der Waals surface area contributed by atoms with Gasteiger partial charge in [-0.3, -0.25) is 9.59 Å². The maximum absolute atomic E-state index is 12.6. The van der Waals surface area contributed by atoms with Gasteiger partial charge in [0, 0.05) is 12.8 Å². The number of aliphatic hydroxyl groups excluding tert-OH is 7. The van der Waals surface area contributed by atoms with E-state index in [1.165, 1.54) is 19.3 Å². The molecule has 2 rings (SSSR count). The van der Waals surface area contributed by atoms with Crippen LogP contribution >= 0.6 is 0 Å². The largest absolute Gasteiger partial charge is 0.462 e. The number of hydrogen-bond donors (Lipinski definition) is 7. The van der Waals surface area contributed by atoms with Gasteiger partial charge in [-0.2, -0.15) is 0 Å². The molecule has 2 aliphatic rings. The summed E-state index contributed by atoms with van der Waals surface area (Å²) in [5, 5.41) is 71.0. The molecule has 11 atom stereocenters. The van der Waals surface area contributed by atoms with Crippen LogP contribution in [0.3, 0.4) is 0 Å². The lowest BCUT2D eigenvalue weighted by Crippen LogP contribution is -2.61. The van der Waals surface area contributed by atoms with Gasteiger partial charge in [-0.05, 0) is 38.5 Å². The Morgan fingerprint density at radius 2 is 1.22 bits per heavy atom. The molecule has 0 aromatic heterocycles. The standard InChI is InChI=1S/C36H62O15/c1-3-5-6-7-8-9-10-11-12-13-14-15-16-17-18-19-28(39)49-24(21-46-27(38)4-2)22-47-35-34(45)32(43)30(41)26(51-35)23-48-36-33(44)31(42)29(40)25(20-37)50-36/h8-9,11-12,24-26,29-37,40-45H,3-7,10,13-23H2,1-2H3/b9-8-,12-11-. The second-order valence-corrected chi connectivity index (χ2v) is 13.0. The number of allylic oxidation sites excluding steroid dienone is 4. The van der Waals surface area contributed by atoms with Crippen molar-refractivity contribution in [1.29, 1.82) is 0 Å². The fourth-order valence-corrected chi connectivity index (χ4v) is 5.52. The molecule has 0 aliphatic carbocycles. The molecule has 0 bridgehead atoms. The predicted octanol–water partition coefficient (Wildman–Crippen LogP) is 1.31. The average Bonchev–Trinajstić information content (AvgIpc) is 3.13. The van der Waals surface area contributed by atoms with Gasteiger partial charge in [-0.25, -0.2) is 0 Å². The van der Waals surface area contributed by atoms with Crippen LogP contribution in [-0.4, -0.2) is 142 Å². The van der Waals surface area contributed by atoms with Crippen LogP contribution in [0.25, 0.3) is 0 Å². The van der Waals surface area contributed by atoms with Crippen molar-refractivity contribution in [3.05, 3.63) is 24.3 Å². The van der Waals surface area contributed by atoms with Gasteiger partial charge in [-0.1, -0.05) is 70.3 Å². The van der Waals surface area contributed by atoms with E-state index >= 15 is 0 Å². The molecule has 0 radical (unpaired) electrons. The van der Waals surface area contributed by atoms with Crippen molar-refractivity contribution >= 4 is 11.9 Å². The Morgan fingerprint density at radius 3 is 1.84 bits per heavy atom. The zero-order valence-electron chi connectivity index (χ0n) is 30.1. The highest BCUT2D eigenvalue weighted by molar-refractivity contribution is 5.70. The molecule has 0 spiro atoms. The molecular weight excluding hydrogens is 672 g/mol. The van der Waals surface area contributed by atoms with E-state index in [1.54, 1.807) is 6.92 Å². The second kappa shape index (κ2) is 25.9. The van der Waals surface area contributed by atoms with Crippen molar-refractivity contribution in [3.63, 3.8) is 0 Å². The van der Waals surface area contributed by atoms with Crippen LogP contribution in [0.1, 0.15) is 97.3 Å². The Balaban J connectivity index is 1.78. The van der Waals surface area contributed by atoms with E-state index < -0.39 is 99.3 Å². The first-order valence-electron chi connectivity index (χ1n) is 18.4. The van der Waals surface area contributed by atoms with E-state index in [0.29, 0.717) is 6.42 Å². The topological polar surface area (TPSA) is 231 Å². The molecule has 2 fully saturated rings. The van der Waals surface area contributed by atoms with Crippen molar-refractivity contribution in [2.45, 2.75) is 165 Å². The van der Waals surface area contributed by atoms with Crippen LogP contribution in [0.5, 0.6) is 0 Å². The number of rotatable bonds is 25. The van der Waals surface area contributed by atoms with Gasteiger partial charge in [0.25, 0.3) is 0 Å². The first-order chi connectivity index (χ1) is 24.5. The van der Waals surface area contributed by atoms with Gasteiger partial charge in [0.15, 0.2) is 18.7 Å². The summed E-state index contributed by atoms with van der Waals surface area (Å²) in [6.45, 7) is 1.88. The maximum Gasteiger partial charge on any atom is 0.306 e. The third-order valence-corrected chi connectivity index (χ3v) is 8.74. The van der Waals surface area contributed by atoms with Gasteiger partial charge in [0.05, 0.1) is 19.8 Å². The van der Waals surface area contributed by atoms with Crippen molar-refractivity contribution in [2.75, 3.05) is 26.4 Å². The SMILES string of the molecule is CCCCC/C=C\C/C=C\CCCCCCCC(=O)OC(COC(=O)CC)COC1OC(COC2OC(CO)C(O)C(O)C2O)C(O)C(O)C1O. The Kier molecular flexibility index (Phi) is 22.9. The number of esters is 2. The monoisotopic (exact) mass is 734 g/mol. The molecule has 0 aromatic rings. The summed E-state index contributed by atoms with van der Waals surface area (Å²) in [6.07, 6.45) is 3.67. The van der Waals surface area contributed by atoms with E-state index in [1.807, 2.05) is 0 Å².